The maximum Gasteiger partial charge on any atom is 0.256 e. The normalized spacial score (nSPS) is 11.5. The maximum absolute atomic E-state index is 12.3. The molecule has 0 bridgehead atoms. The zero-order chi connectivity index (χ0) is 15.6. The van der Waals surface area contributed by atoms with E-state index in [2.05, 4.69) is 31.5 Å². The number of nitrogens with two attached hydrogens (primary N) is 1. The molecule has 0 saturated heterocycles. The average Bonchev–Trinajstić information content (AvgIpc) is 2.78. The highest BCUT2D eigenvalue weighted by Gasteiger charge is 2.16. The summed E-state index contributed by atoms with van der Waals surface area (Å²) in [5, 5.41) is 18.4. The van der Waals surface area contributed by atoms with Crippen LogP contribution >= 0.6 is 15.9 Å². The monoisotopic (exact) mass is 351 g/mol. The molecule has 7 nitrogen and oxygen atoms in total. The average molecular weight is 352 g/mol. The third-order valence-corrected chi connectivity index (χ3v) is 3.32. The van der Waals surface area contributed by atoms with Crippen molar-refractivity contribution in [1.29, 1.82) is 0 Å². The van der Waals surface area contributed by atoms with E-state index in [0.717, 1.165) is 10.0 Å². The number of benzene rings is 1. The van der Waals surface area contributed by atoms with E-state index in [4.69, 9.17) is 10.9 Å². The van der Waals surface area contributed by atoms with Crippen LogP contribution in [-0.2, 0) is 7.05 Å². The molecule has 8 heteroatoms. The van der Waals surface area contributed by atoms with Crippen LogP contribution in [-0.4, -0.2) is 26.7 Å². The Hall–Kier alpha value is -2.35. The van der Waals surface area contributed by atoms with Crippen LogP contribution in [0.25, 0.3) is 0 Å². The van der Waals surface area contributed by atoms with E-state index >= 15 is 0 Å². The van der Waals surface area contributed by atoms with Gasteiger partial charge in [0.25, 0.3) is 5.91 Å². The molecule has 1 amide bonds. The molecular weight excluding hydrogens is 338 g/mol. The number of nitrogens with zero attached hydrogens (tertiary/aromatic N) is 3. The van der Waals surface area contributed by atoms with Crippen LogP contribution in [0.4, 0.5) is 5.82 Å². The van der Waals surface area contributed by atoms with Gasteiger partial charge in [0.05, 0.1) is 11.8 Å². The van der Waals surface area contributed by atoms with E-state index in [1.165, 1.54) is 10.9 Å². The van der Waals surface area contributed by atoms with Crippen molar-refractivity contribution in [3.63, 3.8) is 0 Å². The lowest BCUT2D eigenvalue weighted by atomic mass is 10.1. The Bertz CT molecular complexity index is 703. The van der Waals surface area contributed by atoms with Gasteiger partial charge in [-0.05, 0) is 30.7 Å². The van der Waals surface area contributed by atoms with Gasteiger partial charge in [-0.1, -0.05) is 21.1 Å². The molecule has 110 valence electrons. The van der Waals surface area contributed by atoms with E-state index in [1.807, 2.05) is 13.0 Å². The number of halogens is 1. The lowest BCUT2D eigenvalue weighted by Gasteiger charge is -2.09. The summed E-state index contributed by atoms with van der Waals surface area (Å²) in [6.07, 6.45) is 1.41. The van der Waals surface area contributed by atoms with Crippen LogP contribution in [0.5, 0.6) is 0 Å². The summed E-state index contributed by atoms with van der Waals surface area (Å²) in [4.78, 5) is 12.3. The number of amidine groups is 1. The molecule has 4 N–H and O–H groups in total. The molecule has 0 radical (unpaired) electrons. The van der Waals surface area contributed by atoms with E-state index in [-0.39, 0.29) is 11.7 Å². The Labute approximate surface area is 129 Å². The van der Waals surface area contributed by atoms with Crippen molar-refractivity contribution in [1.82, 2.24) is 9.78 Å². The van der Waals surface area contributed by atoms with Gasteiger partial charge in [-0.25, -0.2) is 0 Å². The fourth-order valence-corrected chi connectivity index (χ4v) is 2.48. The van der Waals surface area contributed by atoms with E-state index in [9.17, 15) is 4.79 Å². The number of oxime groups is 1. The molecule has 2 aromatic rings. The first-order valence-corrected chi connectivity index (χ1v) is 6.80. The van der Waals surface area contributed by atoms with Gasteiger partial charge >= 0.3 is 0 Å². The Morgan fingerprint density at radius 3 is 2.81 bits per heavy atom. The van der Waals surface area contributed by atoms with Crippen LogP contribution in [0.3, 0.4) is 0 Å². The van der Waals surface area contributed by atoms with Gasteiger partial charge < -0.3 is 16.3 Å². The first-order chi connectivity index (χ1) is 9.92. The molecule has 1 aromatic heterocycles. The fraction of sp³-hybridized carbons (Fsp3) is 0.154. The maximum atomic E-state index is 12.3. The number of carbonyl (C=O) groups is 1. The molecular formula is C13H14BrN5O2. The summed E-state index contributed by atoms with van der Waals surface area (Å²) in [5.41, 5.74) is 7.36. The lowest BCUT2D eigenvalue weighted by molar-refractivity contribution is 0.102. The third kappa shape index (κ3) is 3.22. The second-order valence-electron chi connectivity index (χ2n) is 4.49. The molecule has 2 rings (SSSR count). The number of hydrogen-bond acceptors (Lipinski definition) is 4. The number of anilines is 1. The second kappa shape index (κ2) is 5.96. The van der Waals surface area contributed by atoms with Crippen LogP contribution in [0.1, 0.15) is 21.5 Å². The Morgan fingerprint density at radius 1 is 1.48 bits per heavy atom. The molecule has 0 aliphatic carbocycles. The molecule has 1 heterocycles. The second-order valence-corrected chi connectivity index (χ2v) is 5.40. The van der Waals surface area contributed by atoms with Crippen LogP contribution in [0, 0.1) is 6.92 Å². The summed E-state index contributed by atoms with van der Waals surface area (Å²) in [5.74, 6) is -0.0771. The summed E-state index contributed by atoms with van der Waals surface area (Å²) >= 11 is 3.35. The fourth-order valence-electron chi connectivity index (χ4n) is 1.87. The largest absolute Gasteiger partial charge is 0.409 e. The minimum atomic E-state index is -0.310. The Kier molecular flexibility index (Phi) is 4.27. The van der Waals surface area contributed by atoms with Crippen LogP contribution < -0.4 is 11.1 Å². The number of nitrogens with one attached hydrogen (secondary N) is 1. The highest BCUT2D eigenvalue weighted by molar-refractivity contribution is 9.10. The molecule has 0 aliphatic heterocycles. The molecule has 0 spiro atoms. The molecule has 1 aromatic carbocycles. The number of carbonyl (C=O) groups excluding carboxylic acids is 1. The smallest absolute Gasteiger partial charge is 0.256 e. The molecule has 21 heavy (non-hydrogen) atoms. The first kappa shape index (κ1) is 15.0. The van der Waals surface area contributed by atoms with Gasteiger partial charge in [-0.2, -0.15) is 5.10 Å². The summed E-state index contributed by atoms with van der Waals surface area (Å²) in [6, 6.07) is 5.38. The zero-order valence-electron chi connectivity index (χ0n) is 11.5. The van der Waals surface area contributed by atoms with Gasteiger partial charge in [0.1, 0.15) is 5.82 Å². The van der Waals surface area contributed by atoms with Crippen molar-refractivity contribution >= 4 is 33.5 Å². The summed E-state index contributed by atoms with van der Waals surface area (Å²) < 4.78 is 2.25. The Morgan fingerprint density at radius 2 is 2.19 bits per heavy atom. The van der Waals surface area contributed by atoms with E-state index < -0.39 is 0 Å². The van der Waals surface area contributed by atoms with Crippen molar-refractivity contribution in [2.24, 2.45) is 17.9 Å². The number of hydrogen-bond donors (Lipinski definition) is 3. The van der Waals surface area contributed by atoms with Gasteiger partial charge in [0, 0.05) is 17.1 Å². The van der Waals surface area contributed by atoms with Gasteiger partial charge in [0.2, 0.25) is 0 Å². The highest BCUT2D eigenvalue weighted by atomic mass is 79.9. The summed E-state index contributed by atoms with van der Waals surface area (Å²) in [6.45, 7) is 1.90. The molecule has 0 atom stereocenters. The van der Waals surface area contributed by atoms with Crippen molar-refractivity contribution < 1.29 is 10.0 Å². The minimum Gasteiger partial charge on any atom is -0.409 e. The van der Waals surface area contributed by atoms with Gasteiger partial charge in [0.15, 0.2) is 5.84 Å². The van der Waals surface area contributed by atoms with Crippen LogP contribution in [0.15, 0.2) is 34.0 Å². The lowest BCUT2D eigenvalue weighted by Crippen LogP contribution is -2.20. The number of aryl methyl sites for hydroxylation is 2. The van der Waals surface area contributed by atoms with Crippen molar-refractivity contribution in [2.75, 3.05) is 5.32 Å². The SMILES string of the molecule is Cc1cc(Br)cc(C(=O)Nc2c(/C(N)=N/O)cnn2C)c1. The topological polar surface area (TPSA) is 106 Å². The zero-order valence-corrected chi connectivity index (χ0v) is 13.0. The molecule has 0 saturated carbocycles. The number of aromatic nitrogens is 2. The third-order valence-electron chi connectivity index (χ3n) is 2.86. The summed E-state index contributed by atoms with van der Waals surface area (Å²) in [7, 11) is 1.65. The molecule has 0 fully saturated rings. The predicted molar refractivity (Wildman–Crippen MR) is 82.6 cm³/mol. The van der Waals surface area contributed by atoms with Crippen molar-refractivity contribution in [3.05, 3.63) is 45.6 Å². The number of rotatable bonds is 3. The quantitative estimate of drug-likeness (QED) is 0.339. The van der Waals surface area contributed by atoms with E-state index in [0.29, 0.717) is 16.9 Å². The first-order valence-electron chi connectivity index (χ1n) is 6.01. The van der Waals surface area contributed by atoms with Gasteiger partial charge in [-0.3, -0.25) is 9.48 Å². The Balaban J connectivity index is 2.34. The number of amides is 1. The molecule has 0 unspecified atom stereocenters. The minimum absolute atomic E-state index is 0.121. The van der Waals surface area contributed by atoms with Gasteiger partial charge in [-0.15, -0.1) is 0 Å². The predicted octanol–water partition coefficient (Wildman–Crippen LogP) is 1.84. The standard InChI is InChI=1S/C13H14BrN5O2/c1-7-3-8(5-9(14)4-7)13(20)17-12-10(11(15)18-21)6-16-19(12)2/h3-6,21H,1-2H3,(H2,15,18)(H,17,20). The van der Waals surface area contributed by atoms with Crippen molar-refractivity contribution in [2.45, 2.75) is 6.92 Å². The molecule has 0 aliphatic rings. The van der Waals surface area contributed by atoms with Crippen molar-refractivity contribution in [3.8, 4) is 0 Å². The van der Waals surface area contributed by atoms with E-state index in [1.54, 1.807) is 19.2 Å². The highest BCUT2D eigenvalue weighted by Crippen LogP contribution is 2.18. The van der Waals surface area contributed by atoms with Crippen LogP contribution in [0.2, 0.25) is 0 Å².